The quantitative estimate of drug-likeness (QED) is 0.664. The molecule has 0 aliphatic carbocycles. The van der Waals surface area contributed by atoms with Crippen molar-refractivity contribution in [2.45, 2.75) is 32.0 Å². The summed E-state index contributed by atoms with van der Waals surface area (Å²) in [5.41, 5.74) is 3.10. The molecule has 7 heteroatoms. The summed E-state index contributed by atoms with van der Waals surface area (Å²) >= 11 is 1.43. The first-order chi connectivity index (χ1) is 11.9. The highest BCUT2D eigenvalue weighted by molar-refractivity contribution is 7.99. The molecule has 1 amide bonds. The minimum absolute atomic E-state index is 0.0247. The number of aromatic amines is 1. The maximum atomic E-state index is 12.4. The summed E-state index contributed by atoms with van der Waals surface area (Å²) in [7, 11) is 1.92. The van der Waals surface area contributed by atoms with Crippen molar-refractivity contribution in [2.75, 3.05) is 5.75 Å². The van der Waals surface area contributed by atoms with E-state index in [0.717, 1.165) is 22.0 Å². The third-order valence-corrected chi connectivity index (χ3v) is 5.10. The Labute approximate surface area is 151 Å². The number of hydrogen-bond acceptors (Lipinski definition) is 4. The van der Waals surface area contributed by atoms with Crippen molar-refractivity contribution in [3.05, 3.63) is 42.0 Å². The molecule has 0 bridgehead atoms. The van der Waals surface area contributed by atoms with Crippen molar-refractivity contribution in [2.24, 2.45) is 13.0 Å². The highest BCUT2D eigenvalue weighted by atomic mass is 32.2. The Balaban J connectivity index is 1.71. The molecule has 3 aromatic rings. The van der Waals surface area contributed by atoms with Crippen LogP contribution in [-0.4, -0.2) is 31.2 Å². The van der Waals surface area contributed by atoms with Gasteiger partial charge in [-0.1, -0.05) is 31.7 Å². The smallest absolute Gasteiger partial charge is 0.231 e. The Morgan fingerprint density at radius 3 is 2.88 bits per heavy atom. The van der Waals surface area contributed by atoms with Crippen molar-refractivity contribution >= 4 is 28.7 Å². The van der Waals surface area contributed by atoms with Crippen LogP contribution in [0.15, 0.2) is 35.7 Å². The molecule has 0 spiro atoms. The average molecular weight is 357 g/mol. The summed E-state index contributed by atoms with van der Waals surface area (Å²) in [5.74, 6) is 1.32. The fourth-order valence-corrected chi connectivity index (χ4v) is 3.42. The zero-order valence-corrected chi connectivity index (χ0v) is 15.7. The van der Waals surface area contributed by atoms with E-state index in [1.807, 2.05) is 29.9 Å². The Morgan fingerprint density at radius 1 is 1.40 bits per heavy atom. The van der Waals surface area contributed by atoms with Gasteiger partial charge in [-0.2, -0.15) is 0 Å². The van der Waals surface area contributed by atoms with Crippen LogP contribution in [0.2, 0.25) is 0 Å². The Kier molecular flexibility index (Phi) is 5.13. The number of carbonyl (C=O) groups excluding carboxylic acids is 1. The topological polar surface area (TPSA) is 75.6 Å². The zero-order chi connectivity index (χ0) is 18.0. The number of hydrogen-bond donors (Lipinski definition) is 2. The van der Waals surface area contributed by atoms with Crippen LogP contribution < -0.4 is 5.32 Å². The van der Waals surface area contributed by atoms with E-state index in [1.165, 1.54) is 17.3 Å². The predicted octanol–water partition coefficient (Wildman–Crippen LogP) is 3.21. The van der Waals surface area contributed by atoms with E-state index < -0.39 is 0 Å². The molecule has 2 N–H and O–H groups in total. The largest absolute Gasteiger partial charge is 0.345 e. The van der Waals surface area contributed by atoms with Crippen LogP contribution >= 0.6 is 11.8 Å². The SMILES string of the molecule is Cc1ccc2nc(C(NC(=O)CSc3nccn3C)C(C)C)[nH]c2c1. The molecule has 0 aliphatic heterocycles. The van der Waals surface area contributed by atoms with Gasteiger partial charge < -0.3 is 14.9 Å². The van der Waals surface area contributed by atoms with Crippen LogP contribution in [0.25, 0.3) is 11.0 Å². The van der Waals surface area contributed by atoms with E-state index >= 15 is 0 Å². The second kappa shape index (κ2) is 7.31. The number of imidazole rings is 2. The number of nitrogens with zero attached hydrogens (tertiary/aromatic N) is 3. The van der Waals surface area contributed by atoms with E-state index in [-0.39, 0.29) is 17.9 Å². The number of H-pyrrole nitrogens is 1. The van der Waals surface area contributed by atoms with Gasteiger partial charge in [0.15, 0.2) is 5.16 Å². The number of fused-ring (bicyclic) bond motifs is 1. The highest BCUT2D eigenvalue weighted by Crippen LogP contribution is 2.23. The number of rotatable bonds is 6. The van der Waals surface area contributed by atoms with E-state index in [9.17, 15) is 4.79 Å². The number of nitrogens with one attached hydrogen (secondary N) is 2. The molecule has 0 aliphatic rings. The van der Waals surface area contributed by atoms with Crippen LogP contribution in [0.1, 0.15) is 31.3 Å². The van der Waals surface area contributed by atoms with Crippen molar-refractivity contribution in [1.29, 1.82) is 0 Å². The van der Waals surface area contributed by atoms with Gasteiger partial charge in [-0.3, -0.25) is 4.79 Å². The molecule has 0 fully saturated rings. The lowest BCUT2D eigenvalue weighted by Crippen LogP contribution is -2.33. The van der Waals surface area contributed by atoms with Crippen LogP contribution in [0.3, 0.4) is 0 Å². The van der Waals surface area contributed by atoms with Gasteiger partial charge in [-0.15, -0.1) is 0 Å². The van der Waals surface area contributed by atoms with Gasteiger partial charge in [0.1, 0.15) is 5.82 Å². The van der Waals surface area contributed by atoms with Gasteiger partial charge in [0, 0.05) is 19.4 Å². The molecule has 6 nitrogen and oxygen atoms in total. The van der Waals surface area contributed by atoms with Crippen LogP contribution in [0.4, 0.5) is 0 Å². The van der Waals surface area contributed by atoms with E-state index in [1.54, 1.807) is 6.20 Å². The molecule has 0 radical (unpaired) electrons. The minimum Gasteiger partial charge on any atom is -0.345 e. The van der Waals surface area contributed by atoms with Crippen molar-refractivity contribution in [3.63, 3.8) is 0 Å². The highest BCUT2D eigenvalue weighted by Gasteiger charge is 2.22. The van der Waals surface area contributed by atoms with Gasteiger partial charge in [-0.25, -0.2) is 9.97 Å². The van der Waals surface area contributed by atoms with Gasteiger partial charge in [0.05, 0.1) is 22.8 Å². The monoisotopic (exact) mass is 357 g/mol. The zero-order valence-electron chi connectivity index (χ0n) is 14.9. The van der Waals surface area contributed by atoms with Gasteiger partial charge in [-0.05, 0) is 30.5 Å². The molecule has 0 saturated carbocycles. The lowest BCUT2D eigenvalue weighted by Gasteiger charge is -2.20. The summed E-state index contributed by atoms with van der Waals surface area (Å²) in [6.45, 7) is 6.21. The van der Waals surface area contributed by atoms with Gasteiger partial charge in [0.25, 0.3) is 0 Å². The van der Waals surface area contributed by atoms with E-state index in [0.29, 0.717) is 5.75 Å². The lowest BCUT2D eigenvalue weighted by molar-refractivity contribution is -0.119. The number of carbonyl (C=O) groups is 1. The molecule has 1 aromatic carbocycles. The number of thioether (sulfide) groups is 1. The van der Waals surface area contributed by atoms with Gasteiger partial charge in [0.2, 0.25) is 5.91 Å². The standard InChI is InChI=1S/C18H23N5OS/c1-11(2)16(17-20-13-6-5-12(3)9-14(13)21-17)22-15(24)10-25-18-19-7-8-23(18)4/h5-9,11,16H,10H2,1-4H3,(H,20,21)(H,22,24). The molecule has 25 heavy (non-hydrogen) atoms. The molecule has 2 heterocycles. The molecule has 0 saturated heterocycles. The molecule has 1 atom stereocenters. The summed E-state index contributed by atoms with van der Waals surface area (Å²) < 4.78 is 1.90. The fourth-order valence-electron chi connectivity index (χ4n) is 2.68. The predicted molar refractivity (Wildman–Crippen MR) is 100 cm³/mol. The third-order valence-electron chi connectivity index (χ3n) is 4.04. The molecular weight excluding hydrogens is 334 g/mol. The first kappa shape index (κ1) is 17.5. The maximum Gasteiger partial charge on any atom is 0.231 e. The van der Waals surface area contributed by atoms with Crippen LogP contribution in [-0.2, 0) is 11.8 Å². The minimum atomic E-state index is -0.151. The molecule has 3 rings (SSSR count). The first-order valence-electron chi connectivity index (χ1n) is 8.30. The molecule has 1 unspecified atom stereocenters. The Hall–Kier alpha value is -2.28. The summed E-state index contributed by atoms with van der Waals surface area (Å²) in [5, 5.41) is 3.93. The van der Waals surface area contributed by atoms with Crippen molar-refractivity contribution < 1.29 is 4.79 Å². The normalized spacial score (nSPS) is 12.7. The van der Waals surface area contributed by atoms with Crippen molar-refractivity contribution in [1.82, 2.24) is 24.8 Å². The van der Waals surface area contributed by atoms with E-state index in [2.05, 4.69) is 47.1 Å². The van der Waals surface area contributed by atoms with E-state index in [4.69, 9.17) is 0 Å². The van der Waals surface area contributed by atoms with Crippen LogP contribution in [0, 0.1) is 12.8 Å². The molecule has 2 aromatic heterocycles. The average Bonchev–Trinajstić information content (AvgIpc) is 3.15. The maximum absolute atomic E-state index is 12.4. The lowest BCUT2D eigenvalue weighted by atomic mass is 10.0. The summed E-state index contributed by atoms with van der Waals surface area (Å²) in [6, 6.07) is 5.96. The Bertz CT molecular complexity index is 883. The van der Waals surface area contributed by atoms with Gasteiger partial charge >= 0.3 is 0 Å². The number of aromatic nitrogens is 4. The summed E-state index contributed by atoms with van der Waals surface area (Å²) in [4.78, 5) is 24.6. The molecular formula is C18H23N5OS. The van der Waals surface area contributed by atoms with Crippen molar-refractivity contribution in [3.8, 4) is 0 Å². The number of benzene rings is 1. The second-order valence-electron chi connectivity index (χ2n) is 6.54. The fraction of sp³-hybridized carbons (Fsp3) is 0.389. The molecule has 132 valence electrons. The third kappa shape index (κ3) is 4.04. The first-order valence-corrected chi connectivity index (χ1v) is 9.28. The number of amides is 1. The van der Waals surface area contributed by atoms with Crippen LogP contribution in [0.5, 0.6) is 0 Å². The number of aryl methyl sites for hydroxylation is 2. The second-order valence-corrected chi connectivity index (χ2v) is 7.48. The summed E-state index contributed by atoms with van der Waals surface area (Å²) in [6.07, 6.45) is 3.60. The Morgan fingerprint density at radius 2 is 2.20 bits per heavy atom.